The lowest BCUT2D eigenvalue weighted by molar-refractivity contribution is 0.0524. The quantitative estimate of drug-likeness (QED) is 0.0629. The van der Waals surface area contributed by atoms with Gasteiger partial charge in [-0.15, -0.1) is 0 Å². The molecule has 52 heavy (non-hydrogen) atoms. The van der Waals surface area contributed by atoms with Crippen LogP contribution in [-0.2, 0) is 22.2 Å². The van der Waals surface area contributed by atoms with Crippen molar-refractivity contribution in [3.05, 3.63) is 88.7 Å². The number of hydrogen-bond acceptors (Lipinski definition) is 8. The fraction of sp³-hybridized carbons (Fsp3) is 0.548. The first-order chi connectivity index (χ1) is 24.9. The molecule has 2 fully saturated rings. The van der Waals surface area contributed by atoms with Crippen LogP contribution in [-0.4, -0.2) is 56.3 Å². The largest absolute Gasteiger partial charge is 0.487 e. The van der Waals surface area contributed by atoms with Gasteiger partial charge in [-0.25, -0.2) is 14.8 Å². The first-order valence-corrected chi connectivity index (χ1v) is 23.3. The van der Waals surface area contributed by atoms with E-state index in [0.29, 0.717) is 35.8 Å². The molecule has 2 aromatic carbocycles. The van der Waals surface area contributed by atoms with Gasteiger partial charge in [0.05, 0.1) is 24.5 Å². The molecule has 5 atom stereocenters. The highest BCUT2D eigenvalue weighted by molar-refractivity contribution is 7.99. The minimum Gasteiger partial charge on any atom is -0.487 e. The maximum atomic E-state index is 12.7. The Bertz CT molecular complexity index is 1700. The molecule has 3 aliphatic rings. The number of halogens is 1. The number of carbonyl (C=O) groups is 1. The molecule has 0 amide bonds. The lowest BCUT2D eigenvalue weighted by Gasteiger charge is -2.48. The van der Waals surface area contributed by atoms with Gasteiger partial charge in [0.25, 0.3) is 0 Å². The Kier molecular flexibility index (Phi) is 12.8. The zero-order valence-electron chi connectivity index (χ0n) is 31.8. The summed E-state index contributed by atoms with van der Waals surface area (Å²) >= 11 is 8.18. The Hall–Kier alpha value is -2.85. The molecule has 2 saturated carbocycles. The number of fused-ring (bicyclic) bond motifs is 2. The molecule has 0 saturated heterocycles. The van der Waals surface area contributed by atoms with Gasteiger partial charge >= 0.3 is 5.97 Å². The molecule has 10 heteroatoms. The number of aryl methyl sites for hydroxylation is 1. The van der Waals surface area contributed by atoms with Crippen LogP contribution in [0.4, 0.5) is 5.69 Å². The van der Waals surface area contributed by atoms with E-state index >= 15 is 0 Å². The van der Waals surface area contributed by atoms with Crippen LogP contribution in [0.15, 0.2) is 72.2 Å². The molecule has 1 unspecified atom stereocenters. The van der Waals surface area contributed by atoms with Crippen molar-refractivity contribution >= 4 is 43.3 Å². The predicted octanol–water partition coefficient (Wildman–Crippen LogP) is 10.4. The van der Waals surface area contributed by atoms with Crippen LogP contribution in [0.2, 0.25) is 23.2 Å². The summed E-state index contributed by atoms with van der Waals surface area (Å²) in [6.07, 6.45) is 16.4. The third kappa shape index (κ3) is 9.44. The number of hydrogen-bond donors (Lipinski definition) is 0. The topological polar surface area (TPSA) is 73.8 Å². The van der Waals surface area contributed by atoms with Gasteiger partial charge in [0.2, 0.25) is 0 Å². The number of rotatable bonds is 11. The Labute approximate surface area is 321 Å². The van der Waals surface area contributed by atoms with Gasteiger partial charge in [-0.1, -0.05) is 62.4 Å². The van der Waals surface area contributed by atoms with Gasteiger partial charge in [-0.2, -0.15) is 0 Å². The summed E-state index contributed by atoms with van der Waals surface area (Å²) in [5.41, 5.74) is 3.89. The molecule has 0 N–H and O–H groups in total. The summed E-state index contributed by atoms with van der Waals surface area (Å²) in [6.45, 7) is 14.0. The number of methoxy groups -OCH3 is 1. The van der Waals surface area contributed by atoms with Crippen molar-refractivity contribution in [3.63, 3.8) is 0 Å². The molecular formula is C42H56ClN3O4SSi. The SMILES string of the molecule is COC(=O)c1ccc2c(c1)N(C[C@@H]1CC[C@H]1C(/C=C/[C@@H]1CC[C@H]1CSc1ncccn1)O[Si](C)(C)C(C)(C)C)CCCCc1cc(Cl)ccc1CO2. The van der Waals surface area contributed by atoms with Gasteiger partial charge in [0, 0.05) is 36.3 Å². The number of allylic oxidation sites excluding steroid dienone is 1. The van der Waals surface area contributed by atoms with Crippen molar-refractivity contribution in [2.24, 2.45) is 23.7 Å². The van der Waals surface area contributed by atoms with E-state index < -0.39 is 8.32 Å². The van der Waals surface area contributed by atoms with Gasteiger partial charge in [-0.3, -0.25) is 0 Å². The zero-order chi connectivity index (χ0) is 36.9. The number of benzene rings is 2. The van der Waals surface area contributed by atoms with E-state index in [1.54, 1.807) is 11.8 Å². The maximum Gasteiger partial charge on any atom is 0.337 e. The smallest absolute Gasteiger partial charge is 0.337 e. The molecule has 1 aliphatic heterocycles. The second-order valence-electron chi connectivity index (χ2n) is 16.4. The van der Waals surface area contributed by atoms with Gasteiger partial charge in [0.15, 0.2) is 13.5 Å². The summed E-state index contributed by atoms with van der Waals surface area (Å²) in [5.74, 6) is 3.57. The molecule has 0 radical (unpaired) electrons. The number of esters is 1. The van der Waals surface area contributed by atoms with Crippen LogP contribution in [0, 0.1) is 23.7 Å². The molecule has 2 aliphatic carbocycles. The number of thioether (sulfide) groups is 1. The molecule has 2 heterocycles. The number of carbonyl (C=O) groups excluding carboxylic acids is 1. The number of ether oxygens (including phenoxy) is 2. The Balaban J connectivity index is 1.23. The number of anilines is 1. The number of aromatic nitrogens is 2. The highest BCUT2D eigenvalue weighted by atomic mass is 35.5. The van der Waals surface area contributed by atoms with E-state index in [1.165, 1.54) is 25.5 Å². The van der Waals surface area contributed by atoms with Crippen LogP contribution in [0.25, 0.3) is 0 Å². The van der Waals surface area contributed by atoms with Crippen molar-refractivity contribution in [1.29, 1.82) is 0 Å². The fourth-order valence-corrected chi connectivity index (χ4v) is 9.89. The highest BCUT2D eigenvalue weighted by Gasteiger charge is 2.44. The van der Waals surface area contributed by atoms with Crippen molar-refractivity contribution in [2.45, 2.75) is 102 Å². The molecule has 0 bridgehead atoms. The third-order valence-corrected chi connectivity index (χ3v) is 17.8. The maximum absolute atomic E-state index is 12.7. The Morgan fingerprint density at radius 2 is 1.85 bits per heavy atom. The first kappa shape index (κ1) is 38.9. The lowest BCUT2D eigenvalue weighted by atomic mass is 9.69. The molecular weight excluding hydrogens is 706 g/mol. The summed E-state index contributed by atoms with van der Waals surface area (Å²) < 4.78 is 19.0. The van der Waals surface area contributed by atoms with Crippen LogP contribution in [0.3, 0.4) is 0 Å². The average molecular weight is 763 g/mol. The summed E-state index contributed by atoms with van der Waals surface area (Å²) in [5, 5.41) is 1.73. The summed E-state index contributed by atoms with van der Waals surface area (Å²) in [7, 11) is -0.615. The third-order valence-electron chi connectivity index (χ3n) is 12.0. The van der Waals surface area contributed by atoms with E-state index in [-0.39, 0.29) is 17.1 Å². The average Bonchev–Trinajstić information content (AvgIpc) is 3.12. The van der Waals surface area contributed by atoms with Gasteiger partial charge in [0.1, 0.15) is 12.4 Å². The van der Waals surface area contributed by atoms with E-state index in [1.807, 2.05) is 42.7 Å². The van der Waals surface area contributed by atoms with Gasteiger partial charge in [-0.05, 0) is 134 Å². The highest BCUT2D eigenvalue weighted by Crippen LogP contribution is 2.46. The molecule has 6 rings (SSSR count). The molecule has 1 aromatic heterocycles. The second-order valence-corrected chi connectivity index (χ2v) is 22.5. The van der Waals surface area contributed by atoms with Crippen LogP contribution < -0.4 is 9.64 Å². The monoisotopic (exact) mass is 761 g/mol. The molecule has 3 aromatic rings. The normalized spacial score (nSPS) is 22.9. The van der Waals surface area contributed by atoms with Gasteiger partial charge < -0.3 is 18.8 Å². The minimum atomic E-state index is -2.05. The minimum absolute atomic E-state index is 0.0753. The van der Waals surface area contributed by atoms with Crippen molar-refractivity contribution in [2.75, 3.05) is 30.9 Å². The molecule has 280 valence electrons. The Morgan fingerprint density at radius 1 is 1.06 bits per heavy atom. The number of nitrogens with zero attached hydrogens (tertiary/aromatic N) is 3. The van der Waals surface area contributed by atoms with Crippen molar-refractivity contribution in [3.8, 4) is 5.75 Å². The van der Waals surface area contributed by atoms with E-state index in [0.717, 1.165) is 78.1 Å². The Morgan fingerprint density at radius 3 is 2.54 bits per heavy atom. The van der Waals surface area contributed by atoms with E-state index in [9.17, 15) is 4.79 Å². The zero-order valence-corrected chi connectivity index (χ0v) is 34.3. The van der Waals surface area contributed by atoms with E-state index in [2.05, 4.69) is 73.0 Å². The lowest BCUT2D eigenvalue weighted by Crippen LogP contribution is -2.50. The van der Waals surface area contributed by atoms with Crippen LogP contribution >= 0.6 is 23.4 Å². The first-order valence-electron chi connectivity index (χ1n) is 19.0. The van der Waals surface area contributed by atoms with E-state index in [4.69, 9.17) is 25.5 Å². The standard InChI is InChI=1S/C42H56ClN3O4SSi/c1-42(2,3)52(5,6)50-38(19-15-29-11-12-34(29)28-51-41-44-21-9-22-45-41)36-18-14-32(36)26-46-23-8-7-10-30-24-35(43)17-13-33(30)27-49-39-20-16-31(25-37(39)46)40(47)48-4/h9,13,15-17,19-22,24-25,29,32,34,36,38H,7-8,10-12,14,18,23,26-28H2,1-6H3/b19-15+/t29-,32-,34-,36+,38?/m0/s1. The second kappa shape index (κ2) is 17.1. The van der Waals surface area contributed by atoms with Crippen molar-refractivity contribution < 1.29 is 18.7 Å². The fourth-order valence-electron chi connectivity index (χ4n) is 7.36. The predicted molar refractivity (Wildman–Crippen MR) is 215 cm³/mol. The summed E-state index contributed by atoms with van der Waals surface area (Å²) in [6, 6.07) is 13.7. The summed E-state index contributed by atoms with van der Waals surface area (Å²) in [4.78, 5) is 24.1. The van der Waals surface area contributed by atoms with Crippen LogP contribution in [0.1, 0.15) is 80.8 Å². The van der Waals surface area contributed by atoms with Crippen molar-refractivity contribution in [1.82, 2.24) is 9.97 Å². The van der Waals surface area contributed by atoms with Crippen LogP contribution in [0.5, 0.6) is 5.75 Å². The molecule has 7 nitrogen and oxygen atoms in total. The molecule has 0 spiro atoms.